The van der Waals surface area contributed by atoms with Crippen LogP contribution in [0, 0.1) is 0 Å². The fourth-order valence-electron chi connectivity index (χ4n) is 4.26. The van der Waals surface area contributed by atoms with Gasteiger partial charge >= 0.3 is 5.97 Å². The predicted octanol–water partition coefficient (Wildman–Crippen LogP) is 2.88. The fourth-order valence-corrected chi connectivity index (χ4v) is 4.26. The van der Waals surface area contributed by atoms with Gasteiger partial charge in [-0.1, -0.05) is 84.0 Å². The number of ether oxygens (including phenoxy) is 2. The van der Waals surface area contributed by atoms with E-state index in [1.807, 2.05) is 0 Å². The molecule has 1 fully saturated rings. The van der Waals surface area contributed by atoms with Crippen LogP contribution in [0.25, 0.3) is 0 Å². The van der Waals surface area contributed by atoms with E-state index in [1.165, 1.54) is 64.7 Å². The van der Waals surface area contributed by atoms with Crippen LogP contribution in [0.4, 0.5) is 0 Å². The molecular weight excluding hydrogens is 442 g/mol. The number of nitrogens with one attached hydrogen (secondary N) is 1. The molecule has 0 bridgehead atoms. The predicted molar refractivity (Wildman–Crippen MR) is 128 cm³/mol. The molecule has 0 saturated carbocycles. The molecule has 0 aromatic carbocycles. The second kappa shape index (κ2) is 18.1. The standard InChI is InChI=1S/C25H47NO8/c1-3-4-5-6-7-8-9-10-11-12-13-14-15-16-20(28)26-21-23(33-18(2)24(30)31)22(29)19(17-27)34-25(21)32/h18-19,21-23,25,27,29,32H,3-17H2,1-2H3,(H,26,28)(H,30,31)/t18-,19-,21-,22-,23-,25+/m1/s1. The third-order valence-electron chi connectivity index (χ3n) is 6.42. The molecule has 6 atom stereocenters. The van der Waals surface area contributed by atoms with Gasteiger partial charge < -0.3 is 35.2 Å². The first-order valence-corrected chi connectivity index (χ1v) is 13.1. The van der Waals surface area contributed by atoms with Crippen molar-refractivity contribution in [3.8, 4) is 0 Å². The van der Waals surface area contributed by atoms with Crippen LogP contribution < -0.4 is 5.32 Å². The molecule has 0 radical (unpaired) electrons. The number of amides is 1. The summed E-state index contributed by atoms with van der Waals surface area (Å²) in [4.78, 5) is 23.6. The molecule has 9 nitrogen and oxygen atoms in total. The monoisotopic (exact) mass is 489 g/mol. The minimum absolute atomic E-state index is 0.252. The average molecular weight is 490 g/mol. The molecule has 200 valence electrons. The molecule has 0 aromatic heterocycles. The first-order valence-electron chi connectivity index (χ1n) is 13.1. The van der Waals surface area contributed by atoms with Crippen LogP contribution >= 0.6 is 0 Å². The zero-order valence-electron chi connectivity index (χ0n) is 21.0. The van der Waals surface area contributed by atoms with E-state index in [0.717, 1.165) is 19.3 Å². The molecule has 0 unspecified atom stereocenters. The van der Waals surface area contributed by atoms with Gasteiger partial charge in [0.2, 0.25) is 5.91 Å². The first kappa shape index (κ1) is 30.8. The van der Waals surface area contributed by atoms with E-state index in [1.54, 1.807) is 0 Å². The van der Waals surface area contributed by atoms with Gasteiger partial charge in [0.25, 0.3) is 0 Å². The maximum atomic E-state index is 12.4. The van der Waals surface area contributed by atoms with Crippen molar-refractivity contribution in [1.29, 1.82) is 0 Å². The number of carbonyl (C=O) groups excluding carboxylic acids is 1. The number of aliphatic hydroxyl groups excluding tert-OH is 3. The normalized spacial score (nSPS) is 25.7. The van der Waals surface area contributed by atoms with Crippen LogP contribution in [0.3, 0.4) is 0 Å². The van der Waals surface area contributed by atoms with Gasteiger partial charge in [-0.3, -0.25) is 4.79 Å². The van der Waals surface area contributed by atoms with Gasteiger partial charge in [-0.2, -0.15) is 0 Å². The highest BCUT2D eigenvalue weighted by atomic mass is 16.6. The lowest BCUT2D eigenvalue weighted by Crippen LogP contribution is -2.65. The van der Waals surface area contributed by atoms with Gasteiger partial charge in [-0.05, 0) is 13.3 Å². The maximum absolute atomic E-state index is 12.4. The molecule has 34 heavy (non-hydrogen) atoms. The van der Waals surface area contributed by atoms with Crippen molar-refractivity contribution in [2.75, 3.05) is 6.61 Å². The minimum atomic E-state index is -1.54. The lowest BCUT2D eigenvalue weighted by Gasteiger charge is -2.43. The smallest absolute Gasteiger partial charge is 0.332 e. The van der Waals surface area contributed by atoms with Crippen molar-refractivity contribution in [2.45, 2.75) is 140 Å². The Hall–Kier alpha value is -1.26. The molecule has 1 rings (SSSR count). The van der Waals surface area contributed by atoms with Crippen LogP contribution in [0.5, 0.6) is 0 Å². The number of carboxylic acids is 1. The summed E-state index contributed by atoms with van der Waals surface area (Å²) < 4.78 is 10.6. The fraction of sp³-hybridized carbons (Fsp3) is 0.920. The molecule has 1 heterocycles. The zero-order valence-corrected chi connectivity index (χ0v) is 21.0. The summed E-state index contributed by atoms with van der Waals surface area (Å²) in [5, 5.41) is 41.7. The second-order valence-electron chi connectivity index (χ2n) is 9.41. The Bertz CT molecular complexity index is 561. The number of unbranched alkanes of at least 4 members (excludes halogenated alkanes) is 12. The Kier molecular flexibility index (Phi) is 16.4. The maximum Gasteiger partial charge on any atom is 0.332 e. The molecule has 5 N–H and O–H groups in total. The van der Waals surface area contributed by atoms with Crippen molar-refractivity contribution in [3.05, 3.63) is 0 Å². The van der Waals surface area contributed by atoms with Crippen LogP contribution in [-0.2, 0) is 19.1 Å². The summed E-state index contributed by atoms with van der Waals surface area (Å²) >= 11 is 0. The first-order chi connectivity index (χ1) is 16.3. The Morgan fingerprint density at radius 3 is 1.88 bits per heavy atom. The topological polar surface area (TPSA) is 146 Å². The lowest BCUT2D eigenvalue weighted by atomic mass is 9.96. The number of carboxylic acid groups (broad SMARTS) is 1. The van der Waals surface area contributed by atoms with Crippen molar-refractivity contribution < 1.29 is 39.5 Å². The highest BCUT2D eigenvalue weighted by Gasteiger charge is 2.47. The highest BCUT2D eigenvalue weighted by Crippen LogP contribution is 2.24. The van der Waals surface area contributed by atoms with E-state index in [9.17, 15) is 24.9 Å². The van der Waals surface area contributed by atoms with E-state index < -0.39 is 49.3 Å². The van der Waals surface area contributed by atoms with Crippen LogP contribution in [0.15, 0.2) is 0 Å². The highest BCUT2D eigenvalue weighted by molar-refractivity contribution is 5.76. The molecule has 0 aromatic rings. The Labute approximate surface area is 204 Å². The number of rotatable bonds is 19. The largest absolute Gasteiger partial charge is 0.479 e. The Morgan fingerprint density at radius 2 is 1.41 bits per heavy atom. The summed E-state index contributed by atoms with van der Waals surface area (Å²) in [6.45, 7) is 2.94. The minimum Gasteiger partial charge on any atom is -0.479 e. The molecule has 0 spiro atoms. The average Bonchev–Trinajstić information content (AvgIpc) is 2.81. The number of hydrogen-bond acceptors (Lipinski definition) is 7. The Balaban J connectivity index is 2.27. The van der Waals surface area contributed by atoms with Crippen molar-refractivity contribution >= 4 is 11.9 Å². The van der Waals surface area contributed by atoms with E-state index in [4.69, 9.17) is 14.6 Å². The van der Waals surface area contributed by atoms with Gasteiger partial charge in [0.15, 0.2) is 12.4 Å². The van der Waals surface area contributed by atoms with E-state index in [-0.39, 0.29) is 12.3 Å². The summed E-state index contributed by atoms with van der Waals surface area (Å²) in [7, 11) is 0. The van der Waals surface area contributed by atoms with Crippen LogP contribution in [-0.4, -0.2) is 75.7 Å². The molecule has 1 amide bonds. The summed E-state index contributed by atoms with van der Waals surface area (Å²) in [5.41, 5.74) is 0. The second-order valence-corrected chi connectivity index (χ2v) is 9.41. The summed E-state index contributed by atoms with van der Waals surface area (Å²) in [6.07, 6.45) is 9.30. The quantitative estimate of drug-likeness (QED) is 0.174. The lowest BCUT2D eigenvalue weighted by molar-refractivity contribution is -0.267. The molecule has 1 saturated heterocycles. The van der Waals surface area contributed by atoms with Gasteiger partial charge in [0.05, 0.1) is 6.61 Å². The van der Waals surface area contributed by atoms with E-state index in [0.29, 0.717) is 6.42 Å². The molecule has 0 aliphatic carbocycles. The van der Waals surface area contributed by atoms with Crippen LogP contribution in [0.2, 0.25) is 0 Å². The molecule has 1 aliphatic heterocycles. The number of hydrogen-bond donors (Lipinski definition) is 5. The van der Waals surface area contributed by atoms with E-state index in [2.05, 4.69) is 12.2 Å². The number of carbonyl (C=O) groups is 2. The number of aliphatic carboxylic acids is 1. The Morgan fingerprint density at radius 1 is 0.912 bits per heavy atom. The van der Waals surface area contributed by atoms with Gasteiger partial charge in [-0.25, -0.2) is 4.79 Å². The molecule has 1 aliphatic rings. The van der Waals surface area contributed by atoms with E-state index >= 15 is 0 Å². The van der Waals surface area contributed by atoms with Crippen molar-refractivity contribution in [2.24, 2.45) is 0 Å². The van der Waals surface area contributed by atoms with Gasteiger partial charge in [-0.15, -0.1) is 0 Å². The SMILES string of the molecule is CCCCCCCCCCCCCCCC(=O)N[C@@H]1[C@@H](O[C@H](C)C(=O)O)[C@H](O)[C@@H](CO)O[C@@H]1O. The van der Waals surface area contributed by atoms with Gasteiger partial charge in [0.1, 0.15) is 24.4 Å². The van der Waals surface area contributed by atoms with Gasteiger partial charge in [0, 0.05) is 6.42 Å². The van der Waals surface area contributed by atoms with Crippen molar-refractivity contribution in [3.63, 3.8) is 0 Å². The van der Waals surface area contributed by atoms with Crippen molar-refractivity contribution in [1.82, 2.24) is 5.32 Å². The zero-order chi connectivity index (χ0) is 25.3. The molecular formula is C25H47NO8. The third kappa shape index (κ3) is 11.9. The van der Waals surface area contributed by atoms with Crippen LogP contribution in [0.1, 0.15) is 104 Å². The summed E-state index contributed by atoms with van der Waals surface area (Å²) in [6, 6.07) is -1.14. The summed E-state index contributed by atoms with van der Waals surface area (Å²) in [5.74, 6) is -1.58. The third-order valence-corrected chi connectivity index (χ3v) is 6.42. The number of aliphatic hydroxyl groups is 3. The molecule has 9 heteroatoms.